The zero-order valence-corrected chi connectivity index (χ0v) is 7.45. The molecule has 0 atom stereocenters. The average Bonchev–Trinajstić information content (AvgIpc) is 2.14. The lowest BCUT2D eigenvalue weighted by molar-refractivity contribution is 0.806. The number of hydrogen-bond donors (Lipinski definition) is 2. The van der Waals surface area contributed by atoms with Crippen molar-refractivity contribution in [3.63, 3.8) is 0 Å². The Labute approximate surface area is 67.0 Å². The van der Waals surface area contributed by atoms with Crippen LogP contribution in [0.1, 0.15) is 25.5 Å². The minimum absolute atomic E-state index is 0.0938. The van der Waals surface area contributed by atoms with Crippen LogP contribution in [0.3, 0.4) is 0 Å². The van der Waals surface area contributed by atoms with E-state index in [4.69, 9.17) is 0 Å². The van der Waals surface area contributed by atoms with Crippen molar-refractivity contribution >= 4 is 15.9 Å². The molecule has 3 nitrogen and oxygen atoms in total. The number of aromatic nitrogens is 2. The van der Waals surface area contributed by atoms with Crippen molar-refractivity contribution in [1.29, 1.82) is 0 Å². The van der Waals surface area contributed by atoms with E-state index < -0.39 is 0 Å². The molecule has 0 amide bonds. The van der Waals surface area contributed by atoms with Gasteiger partial charge in [-0.05, 0) is 21.8 Å². The first-order valence-electron chi connectivity index (χ1n) is 3.09. The van der Waals surface area contributed by atoms with Gasteiger partial charge >= 0.3 is 0 Å². The molecule has 10 heavy (non-hydrogen) atoms. The Kier molecular flexibility index (Phi) is 1.99. The molecule has 0 saturated carbocycles. The maximum atomic E-state index is 10.8. The molecule has 1 heterocycles. The molecular weight excluding hydrogens is 196 g/mol. The summed E-state index contributed by atoms with van der Waals surface area (Å²) in [4.78, 5) is 10.8. The Hall–Kier alpha value is -0.510. The third-order valence-corrected chi connectivity index (χ3v) is 2.11. The van der Waals surface area contributed by atoms with Crippen molar-refractivity contribution in [2.24, 2.45) is 0 Å². The van der Waals surface area contributed by atoms with E-state index in [-0.39, 0.29) is 5.56 Å². The van der Waals surface area contributed by atoms with Crippen LogP contribution in [0.2, 0.25) is 0 Å². The molecule has 0 unspecified atom stereocenters. The Balaban J connectivity index is 3.18. The summed E-state index contributed by atoms with van der Waals surface area (Å²) >= 11 is 3.18. The molecule has 2 N–H and O–H groups in total. The normalized spacial score (nSPS) is 10.8. The molecule has 4 heteroatoms. The number of aromatic amines is 2. The van der Waals surface area contributed by atoms with Crippen LogP contribution in [0, 0.1) is 0 Å². The minimum Gasteiger partial charge on any atom is -0.301 e. The smallest absolute Gasteiger partial charge is 0.278 e. The average molecular weight is 205 g/mol. The maximum Gasteiger partial charge on any atom is 0.278 e. The van der Waals surface area contributed by atoms with E-state index in [0.29, 0.717) is 10.4 Å². The standard InChI is InChI=1S/C6H9BrN2O/c1-3(2)5-4(7)6(10)9-8-5/h3H,1-2H3,(H2,8,9,10). The Morgan fingerprint density at radius 1 is 1.40 bits per heavy atom. The molecule has 0 aromatic carbocycles. The zero-order valence-electron chi connectivity index (χ0n) is 5.86. The van der Waals surface area contributed by atoms with Gasteiger partial charge in [-0.3, -0.25) is 9.89 Å². The Bertz CT molecular complexity index is 274. The van der Waals surface area contributed by atoms with Gasteiger partial charge in [0.1, 0.15) is 4.47 Å². The van der Waals surface area contributed by atoms with E-state index in [1.54, 1.807) is 0 Å². The van der Waals surface area contributed by atoms with E-state index >= 15 is 0 Å². The van der Waals surface area contributed by atoms with Gasteiger partial charge in [0.2, 0.25) is 0 Å². The number of hydrogen-bond acceptors (Lipinski definition) is 1. The Morgan fingerprint density at radius 3 is 2.20 bits per heavy atom. The summed E-state index contributed by atoms with van der Waals surface area (Å²) in [6.07, 6.45) is 0. The first kappa shape index (κ1) is 7.60. The minimum atomic E-state index is -0.0938. The molecule has 0 bridgehead atoms. The van der Waals surface area contributed by atoms with Crippen LogP contribution in [-0.2, 0) is 0 Å². The van der Waals surface area contributed by atoms with Crippen molar-refractivity contribution < 1.29 is 0 Å². The van der Waals surface area contributed by atoms with Crippen LogP contribution >= 0.6 is 15.9 Å². The lowest BCUT2D eigenvalue weighted by atomic mass is 10.1. The van der Waals surface area contributed by atoms with Gasteiger partial charge in [-0.25, -0.2) is 0 Å². The lowest BCUT2D eigenvalue weighted by Gasteiger charge is -1.98. The van der Waals surface area contributed by atoms with Gasteiger partial charge in [0.05, 0.1) is 5.69 Å². The summed E-state index contributed by atoms with van der Waals surface area (Å²) in [7, 11) is 0. The third kappa shape index (κ3) is 1.16. The molecule has 1 aromatic rings. The molecule has 1 rings (SSSR count). The van der Waals surface area contributed by atoms with E-state index in [0.717, 1.165) is 5.69 Å². The van der Waals surface area contributed by atoms with Gasteiger partial charge in [0, 0.05) is 0 Å². The van der Waals surface area contributed by atoms with Crippen LogP contribution in [0.25, 0.3) is 0 Å². The second-order valence-corrected chi connectivity index (χ2v) is 3.25. The summed E-state index contributed by atoms with van der Waals surface area (Å²) in [5, 5.41) is 5.28. The molecular formula is C6H9BrN2O. The molecule has 0 aliphatic carbocycles. The number of rotatable bonds is 1. The summed E-state index contributed by atoms with van der Waals surface area (Å²) in [6.45, 7) is 4.04. The fraction of sp³-hybridized carbons (Fsp3) is 0.500. The highest BCUT2D eigenvalue weighted by molar-refractivity contribution is 9.10. The van der Waals surface area contributed by atoms with E-state index in [1.165, 1.54) is 0 Å². The van der Waals surface area contributed by atoms with E-state index in [2.05, 4.69) is 26.1 Å². The molecule has 56 valence electrons. The predicted octanol–water partition coefficient (Wildman–Crippen LogP) is 1.59. The molecule has 0 fully saturated rings. The van der Waals surface area contributed by atoms with Gasteiger partial charge in [0.25, 0.3) is 5.56 Å². The highest BCUT2D eigenvalue weighted by Crippen LogP contribution is 2.17. The second-order valence-electron chi connectivity index (χ2n) is 2.46. The van der Waals surface area contributed by atoms with Crippen molar-refractivity contribution in [2.75, 3.05) is 0 Å². The summed E-state index contributed by atoms with van der Waals surface area (Å²) in [6, 6.07) is 0. The highest BCUT2D eigenvalue weighted by atomic mass is 79.9. The van der Waals surface area contributed by atoms with Gasteiger partial charge < -0.3 is 5.10 Å². The SMILES string of the molecule is CC(C)c1[nH][nH]c(=O)c1Br. The van der Waals surface area contributed by atoms with Crippen LogP contribution in [0.15, 0.2) is 9.27 Å². The summed E-state index contributed by atoms with van der Waals surface area (Å²) in [5.41, 5.74) is 0.828. The third-order valence-electron chi connectivity index (χ3n) is 1.32. The van der Waals surface area contributed by atoms with Crippen LogP contribution in [-0.4, -0.2) is 10.2 Å². The van der Waals surface area contributed by atoms with Crippen LogP contribution < -0.4 is 5.56 Å². The predicted molar refractivity (Wildman–Crippen MR) is 43.2 cm³/mol. The quantitative estimate of drug-likeness (QED) is 0.718. The molecule has 0 aliphatic rings. The van der Waals surface area contributed by atoms with Crippen molar-refractivity contribution in [2.45, 2.75) is 19.8 Å². The number of nitrogens with one attached hydrogen (secondary N) is 2. The zero-order chi connectivity index (χ0) is 7.72. The highest BCUT2D eigenvalue weighted by Gasteiger charge is 2.08. The number of halogens is 1. The van der Waals surface area contributed by atoms with E-state index in [1.807, 2.05) is 13.8 Å². The van der Waals surface area contributed by atoms with Gasteiger partial charge in [0.15, 0.2) is 0 Å². The molecule has 1 aromatic heterocycles. The summed E-state index contributed by atoms with van der Waals surface area (Å²) < 4.78 is 0.613. The van der Waals surface area contributed by atoms with Crippen molar-refractivity contribution in [3.8, 4) is 0 Å². The number of H-pyrrole nitrogens is 2. The first-order chi connectivity index (χ1) is 4.63. The Morgan fingerprint density at radius 2 is 2.00 bits per heavy atom. The molecule has 0 saturated heterocycles. The van der Waals surface area contributed by atoms with Crippen LogP contribution in [0.5, 0.6) is 0 Å². The summed E-state index contributed by atoms with van der Waals surface area (Å²) in [5.74, 6) is 0.341. The monoisotopic (exact) mass is 204 g/mol. The van der Waals surface area contributed by atoms with Gasteiger partial charge in [-0.1, -0.05) is 13.8 Å². The lowest BCUT2D eigenvalue weighted by Crippen LogP contribution is -1.98. The van der Waals surface area contributed by atoms with Crippen LogP contribution in [0.4, 0.5) is 0 Å². The van der Waals surface area contributed by atoms with Crippen molar-refractivity contribution in [1.82, 2.24) is 10.2 Å². The molecule has 0 spiro atoms. The van der Waals surface area contributed by atoms with Crippen molar-refractivity contribution in [3.05, 3.63) is 20.5 Å². The van der Waals surface area contributed by atoms with Gasteiger partial charge in [-0.15, -0.1) is 0 Å². The molecule has 0 radical (unpaired) electrons. The first-order valence-corrected chi connectivity index (χ1v) is 3.88. The fourth-order valence-electron chi connectivity index (χ4n) is 0.754. The largest absolute Gasteiger partial charge is 0.301 e. The van der Waals surface area contributed by atoms with Gasteiger partial charge in [-0.2, -0.15) is 0 Å². The second kappa shape index (κ2) is 2.62. The van der Waals surface area contributed by atoms with E-state index in [9.17, 15) is 4.79 Å². The fourth-order valence-corrected chi connectivity index (χ4v) is 1.41. The molecule has 0 aliphatic heterocycles. The maximum absolute atomic E-state index is 10.8. The topological polar surface area (TPSA) is 48.6 Å².